The summed E-state index contributed by atoms with van der Waals surface area (Å²) in [6, 6.07) is 0.201. The van der Waals surface area contributed by atoms with Gasteiger partial charge in [-0.25, -0.2) is 9.97 Å². The minimum absolute atomic E-state index is 0.201. The van der Waals surface area contributed by atoms with Gasteiger partial charge in [-0.15, -0.1) is 0 Å². The molecule has 1 amide bonds. The molecule has 0 bridgehead atoms. The Labute approximate surface area is 191 Å². The molecule has 2 aromatic heterocycles. The maximum absolute atomic E-state index is 13.0. The molecule has 0 radical (unpaired) electrons. The van der Waals surface area contributed by atoms with Gasteiger partial charge in [0.25, 0.3) is 0 Å². The number of fused-ring (bicyclic) bond motifs is 1. The molecule has 0 N–H and O–H groups in total. The van der Waals surface area contributed by atoms with Crippen LogP contribution in [0, 0.1) is 19.8 Å². The molecule has 32 heavy (non-hydrogen) atoms. The number of likely N-dealkylation sites (tertiary alicyclic amines) is 1. The number of hydrogen-bond acceptors (Lipinski definition) is 5. The van der Waals surface area contributed by atoms with E-state index in [2.05, 4.69) is 23.8 Å². The molecule has 7 heteroatoms. The molecule has 172 valence electrons. The third kappa shape index (κ3) is 4.07. The average Bonchev–Trinajstić information content (AvgIpc) is 3.38. The van der Waals surface area contributed by atoms with Crippen LogP contribution in [0.15, 0.2) is 6.20 Å². The smallest absolute Gasteiger partial charge is 0.228 e. The molecule has 1 unspecified atom stereocenters. The van der Waals surface area contributed by atoms with Crippen LogP contribution in [0.5, 0.6) is 0 Å². The maximum Gasteiger partial charge on any atom is 0.228 e. The molecule has 0 spiro atoms. The van der Waals surface area contributed by atoms with Crippen molar-refractivity contribution < 1.29 is 4.79 Å². The molecule has 4 heterocycles. The van der Waals surface area contributed by atoms with Crippen LogP contribution in [-0.2, 0) is 24.8 Å². The first-order valence-corrected chi connectivity index (χ1v) is 12.4. The van der Waals surface area contributed by atoms with Gasteiger partial charge in [0.2, 0.25) is 5.91 Å². The van der Waals surface area contributed by atoms with E-state index in [0.717, 1.165) is 56.2 Å². The third-order valence-corrected chi connectivity index (χ3v) is 7.89. The van der Waals surface area contributed by atoms with E-state index in [-0.39, 0.29) is 11.9 Å². The van der Waals surface area contributed by atoms with Gasteiger partial charge in [0, 0.05) is 49.1 Å². The first kappa shape index (κ1) is 21.6. The van der Waals surface area contributed by atoms with Crippen molar-refractivity contribution >= 4 is 11.7 Å². The summed E-state index contributed by atoms with van der Waals surface area (Å²) in [4.78, 5) is 27.6. The van der Waals surface area contributed by atoms with Crippen LogP contribution >= 0.6 is 0 Å². The SMILES string of the molecule is Cc1nc(C2CCCN2Cc2cnn(C)c2C)nc2c1CCC(=O)N2CC1CCCCC1. The van der Waals surface area contributed by atoms with E-state index in [1.54, 1.807) is 0 Å². The van der Waals surface area contributed by atoms with Crippen molar-refractivity contribution in [3.05, 3.63) is 34.5 Å². The first-order valence-electron chi connectivity index (χ1n) is 12.4. The summed E-state index contributed by atoms with van der Waals surface area (Å²) in [6.07, 6.45) is 11.9. The second kappa shape index (κ2) is 8.93. The molecule has 2 aliphatic heterocycles. The second-order valence-corrected chi connectivity index (χ2v) is 9.99. The number of hydrogen-bond donors (Lipinski definition) is 0. The minimum atomic E-state index is 0.201. The number of rotatable bonds is 5. The fourth-order valence-corrected chi connectivity index (χ4v) is 5.79. The van der Waals surface area contributed by atoms with Crippen LogP contribution in [0.1, 0.15) is 85.7 Å². The van der Waals surface area contributed by atoms with E-state index in [9.17, 15) is 4.79 Å². The molecule has 2 fully saturated rings. The molecule has 3 aliphatic rings. The van der Waals surface area contributed by atoms with Gasteiger partial charge in [-0.3, -0.25) is 19.3 Å². The highest BCUT2D eigenvalue weighted by molar-refractivity contribution is 5.95. The van der Waals surface area contributed by atoms with Crippen LogP contribution in [-0.4, -0.2) is 43.6 Å². The summed E-state index contributed by atoms with van der Waals surface area (Å²) in [7, 11) is 1.99. The van der Waals surface area contributed by atoms with Crippen LogP contribution < -0.4 is 4.90 Å². The lowest BCUT2D eigenvalue weighted by molar-refractivity contribution is -0.119. The molecule has 1 aliphatic carbocycles. The van der Waals surface area contributed by atoms with Gasteiger partial charge < -0.3 is 0 Å². The van der Waals surface area contributed by atoms with Crippen LogP contribution in [0.4, 0.5) is 5.82 Å². The zero-order chi connectivity index (χ0) is 22.2. The van der Waals surface area contributed by atoms with Gasteiger partial charge in [-0.1, -0.05) is 19.3 Å². The number of amides is 1. The number of aryl methyl sites for hydroxylation is 2. The largest absolute Gasteiger partial charge is 0.296 e. The van der Waals surface area contributed by atoms with E-state index >= 15 is 0 Å². The number of carbonyl (C=O) groups is 1. The summed E-state index contributed by atoms with van der Waals surface area (Å²) in [5.74, 6) is 2.64. The lowest BCUT2D eigenvalue weighted by Gasteiger charge is -2.34. The Kier molecular flexibility index (Phi) is 6.01. The third-order valence-electron chi connectivity index (χ3n) is 7.89. The first-order chi connectivity index (χ1) is 15.5. The molecule has 1 atom stereocenters. The van der Waals surface area contributed by atoms with Crippen molar-refractivity contribution in [3.8, 4) is 0 Å². The molecule has 2 aromatic rings. The van der Waals surface area contributed by atoms with Crippen LogP contribution in [0.2, 0.25) is 0 Å². The maximum atomic E-state index is 13.0. The Hall–Kier alpha value is -2.28. The Morgan fingerprint density at radius 3 is 2.59 bits per heavy atom. The zero-order valence-electron chi connectivity index (χ0n) is 19.8. The highest BCUT2D eigenvalue weighted by Gasteiger charge is 2.34. The Morgan fingerprint density at radius 2 is 1.84 bits per heavy atom. The molecule has 1 saturated carbocycles. The van der Waals surface area contributed by atoms with Crippen molar-refractivity contribution in [1.29, 1.82) is 0 Å². The van der Waals surface area contributed by atoms with Gasteiger partial charge in [0.05, 0.1) is 12.2 Å². The molecule has 7 nitrogen and oxygen atoms in total. The van der Waals surface area contributed by atoms with Crippen molar-refractivity contribution in [2.75, 3.05) is 18.0 Å². The van der Waals surface area contributed by atoms with Crippen molar-refractivity contribution in [2.24, 2.45) is 13.0 Å². The number of carbonyl (C=O) groups excluding carboxylic acids is 1. The van der Waals surface area contributed by atoms with E-state index in [1.165, 1.54) is 48.9 Å². The fourth-order valence-electron chi connectivity index (χ4n) is 5.79. The zero-order valence-corrected chi connectivity index (χ0v) is 19.8. The van der Waals surface area contributed by atoms with E-state index < -0.39 is 0 Å². The van der Waals surface area contributed by atoms with Gasteiger partial charge in [-0.2, -0.15) is 5.10 Å². The Morgan fingerprint density at radius 1 is 1.03 bits per heavy atom. The lowest BCUT2D eigenvalue weighted by atomic mass is 9.88. The summed E-state index contributed by atoms with van der Waals surface area (Å²) < 4.78 is 1.94. The minimum Gasteiger partial charge on any atom is -0.296 e. The summed E-state index contributed by atoms with van der Waals surface area (Å²) >= 11 is 0. The predicted molar refractivity (Wildman–Crippen MR) is 124 cm³/mol. The number of aromatic nitrogens is 4. The van der Waals surface area contributed by atoms with Crippen molar-refractivity contribution in [1.82, 2.24) is 24.6 Å². The monoisotopic (exact) mass is 436 g/mol. The predicted octanol–water partition coefficient (Wildman–Crippen LogP) is 4.02. The van der Waals surface area contributed by atoms with Crippen LogP contribution in [0.25, 0.3) is 0 Å². The van der Waals surface area contributed by atoms with E-state index in [0.29, 0.717) is 12.3 Å². The molecule has 0 aromatic carbocycles. The number of nitrogens with zero attached hydrogens (tertiary/aromatic N) is 6. The summed E-state index contributed by atoms with van der Waals surface area (Å²) in [6.45, 7) is 6.97. The quantitative estimate of drug-likeness (QED) is 0.708. The van der Waals surface area contributed by atoms with Gasteiger partial charge >= 0.3 is 0 Å². The normalized spacial score (nSPS) is 22.5. The van der Waals surface area contributed by atoms with Crippen LogP contribution in [0.3, 0.4) is 0 Å². The van der Waals surface area contributed by atoms with Gasteiger partial charge in [-0.05, 0) is 58.4 Å². The lowest BCUT2D eigenvalue weighted by Crippen LogP contribution is -2.40. The highest BCUT2D eigenvalue weighted by Crippen LogP contribution is 2.36. The average molecular weight is 437 g/mol. The molecular weight excluding hydrogens is 400 g/mol. The van der Waals surface area contributed by atoms with Crippen molar-refractivity contribution in [3.63, 3.8) is 0 Å². The molecule has 1 saturated heterocycles. The van der Waals surface area contributed by atoms with Gasteiger partial charge in [0.1, 0.15) is 11.6 Å². The molecular formula is C25H36N6O. The number of anilines is 1. The Balaban J connectivity index is 1.43. The topological polar surface area (TPSA) is 67.2 Å². The standard InChI is InChI=1S/C25H36N6O/c1-17-21-11-12-23(32)31(15-19-8-5-4-6-9-19)25(21)28-24(27-17)22-10-7-13-30(22)16-20-14-26-29(3)18(20)2/h14,19,22H,4-13,15-16H2,1-3H3. The second-order valence-electron chi connectivity index (χ2n) is 9.99. The van der Waals surface area contributed by atoms with Gasteiger partial charge in [0.15, 0.2) is 0 Å². The molecule has 5 rings (SSSR count). The summed E-state index contributed by atoms with van der Waals surface area (Å²) in [5.41, 5.74) is 4.71. The van der Waals surface area contributed by atoms with E-state index in [4.69, 9.17) is 9.97 Å². The fraction of sp³-hybridized carbons (Fsp3) is 0.680. The van der Waals surface area contributed by atoms with Crippen molar-refractivity contribution in [2.45, 2.75) is 84.2 Å². The highest BCUT2D eigenvalue weighted by atomic mass is 16.2. The summed E-state index contributed by atoms with van der Waals surface area (Å²) in [5, 5.41) is 4.42. The Bertz CT molecular complexity index is 993. The van der Waals surface area contributed by atoms with E-state index in [1.807, 2.05) is 22.8 Å².